The minimum absolute atomic E-state index is 0.0621. The van der Waals surface area contributed by atoms with Gasteiger partial charge in [-0.25, -0.2) is 4.79 Å². The number of carboxylic acid groups (broad SMARTS) is 1. The van der Waals surface area contributed by atoms with Gasteiger partial charge in [0.2, 0.25) is 17.7 Å². The normalized spacial score (nSPS) is 14.4. The zero-order valence-corrected chi connectivity index (χ0v) is 14.0. The molecule has 0 fully saturated rings. The summed E-state index contributed by atoms with van der Waals surface area (Å²) in [6.45, 7) is 4.09. The number of aliphatic hydroxyl groups excluding tert-OH is 1. The molecule has 0 spiro atoms. The van der Waals surface area contributed by atoms with Crippen molar-refractivity contribution in [3.63, 3.8) is 0 Å². The number of aliphatic carboxylic acids is 1. The predicted molar refractivity (Wildman–Crippen MR) is 84.7 cm³/mol. The molecule has 0 heterocycles. The van der Waals surface area contributed by atoms with Gasteiger partial charge >= 0.3 is 5.97 Å². The average Bonchev–Trinajstić information content (AvgIpc) is 2.48. The fraction of sp³-hybridized carbons (Fsp3) is 0.714. The highest BCUT2D eigenvalue weighted by atomic mass is 16.4. The van der Waals surface area contributed by atoms with Crippen LogP contribution in [0.15, 0.2) is 0 Å². The molecule has 138 valence electrons. The van der Waals surface area contributed by atoms with Crippen molar-refractivity contribution in [3.8, 4) is 0 Å². The lowest BCUT2D eigenvalue weighted by Gasteiger charge is -2.21. The summed E-state index contributed by atoms with van der Waals surface area (Å²) in [6, 6.07) is -2.32. The third-order valence-electron chi connectivity index (χ3n) is 3.03. The van der Waals surface area contributed by atoms with E-state index in [1.807, 2.05) is 13.8 Å². The van der Waals surface area contributed by atoms with Crippen LogP contribution in [0.3, 0.4) is 0 Å². The summed E-state index contributed by atoms with van der Waals surface area (Å²) in [5.74, 6) is -3.21. The van der Waals surface area contributed by atoms with E-state index in [1.54, 1.807) is 0 Å². The summed E-state index contributed by atoms with van der Waals surface area (Å²) in [5, 5.41) is 25.3. The van der Waals surface area contributed by atoms with Gasteiger partial charge in [0.05, 0.1) is 19.2 Å². The van der Waals surface area contributed by atoms with Gasteiger partial charge in [-0.3, -0.25) is 14.4 Å². The SMILES string of the molecule is CC(C)CC(NC(=O)CNC(=O)C(NC(=O)CN)C(C)O)C(=O)O. The smallest absolute Gasteiger partial charge is 0.326 e. The fourth-order valence-electron chi connectivity index (χ4n) is 1.85. The maximum absolute atomic E-state index is 11.9. The Hall–Kier alpha value is -2.20. The highest BCUT2D eigenvalue weighted by Crippen LogP contribution is 2.04. The molecule has 0 aromatic heterocycles. The van der Waals surface area contributed by atoms with Crippen LogP contribution < -0.4 is 21.7 Å². The molecule has 3 amide bonds. The van der Waals surface area contributed by atoms with E-state index in [9.17, 15) is 24.3 Å². The largest absolute Gasteiger partial charge is 0.480 e. The number of rotatable bonds is 10. The molecule has 0 aromatic carbocycles. The number of nitrogens with two attached hydrogens (primary N) is 1. The fourth-order valence-corrected chi connectivity index (χ4v) is 1.85. The minimum atomic E-state index is -1.26. The monoisotopic (exact) mass is 346 g/mol. The van der Waals surface area contributed by atoms with Crippen LogP contribution in [0.1, 0.15) is 27.2 Å². The summed E-state index contributed by atoms with van der Waals surface area (Å²) in [5.41, 5.74) is 5.12. The maximum atomic E-state index is 11.9. The highest BCUT2D eigenvalue weighted by molar-refractivity contribution is 5.92. The van der Waals surface area contributed by atoms with Gasteiger partial charge in [-0.15, -0.1) is 0 Å². The second kappa shape index (κ2) is 10.6. The van der Waals surface area contributed by atoms with Crippen molar-refractivity contribution in [3.05, 3.63) is 0 Å². The molecule has 0 aliphatic heterocycles. The van der Waals surface area contributed by atoms with Crippen molar-refractivity contribution in [2.24, 2.45) is 11.7 Å². The van der Waals surface area contributed by atoms with Crippen LogP contribution in [-0.2, 0) is 19.2 Å². The van der Waals surface area contributed by atoms with Gasteiger partial charge in [-0.05, 0) is 19.3 Å². The highest BCUT2D eigenvalue weighted by Gasteiger charge is 2.26. The molecule has 24 heavy (non-hydrogen) atoms. The zero-order valence-electron chi connectivity index (χ0n) is 14.0. The molecule has 0 aliphatic rings. The van der Waals surface area contributed by atoms with Crippen LogP contribution in [0, 0.1) is 5.92 Å². The van der Waals surface area contributed by atoms with E-state index >= 15 is 0 Å². The second-order valence-electron chi connectivity index (χ2n) is 5.80. The first-order valence-electron chi connectivity index (χ1n) is 7.55. The first kappa shape index (κ1) is 21.8. The summed E-state index contributed by atoms with van der Waals surface area (Å²) in [4.78, 5) is 46.0. The van der Waals surface area contributed by atoms with Crippen LogP contribution in [0.2, 0.25) is 0 Å². The lowest BCUT2D eigenvalue weighted by atomic mass is 10.0. The Morgan fingerprint density at radius 2 is 1.62 bits per heavy atom. The molecule has 3 atom stereocenters. The molecule has 0 radical (unpaired) electrons. The summed E-state index contributed by atoms with van der Waals surface area (Å²) < 4.78 is 0. The molecule has 3 unspecified atom stereocenters. The van der Waals surface area contributed by atoms with Crippen LogP contribution >= 0.6 is 0 Å². The summed E-state index contributed by atoms with van der Waals surface area (Å²) in [6.07, 6.45) is -0.950. The van der Waals surface area contributed by atoms with Crippen LogP contribution in [0.5, 0.6) is 0 Å². The molecule has 0 saturated heterocycles. The van der Waals surface area contributed by atoms with E-state index in [-0.39, 0.29) is 18.9 Å². The molecule has 0 saturated carbocycles. The number of hydrogen-bond acceptors (Lipinski definition) is 6. The van der Waals surface area contributed by atoms with Crippen molar-refractivity contribution < 1.29 is 29.4 Å². The Kier molecular flexibility index (Phi) is 9.58. The summed E-state index contributed by atoms with van der Waals surface area (Å²) >= 11 is 0. The van der Waals surface area contributed by atoms with E-state index in [2.05, 4.69) is 16.0 Å². The van der Waals surface area contributed by atoms with Gasteiger partial charge < -0.3 is 31.9 Å². The lowest BCUT2D eigenvalue weighted by Crippen LogP contribution is -2.55. The van der Waals surface area contributed by atoms with Crippen molar-refractivity contribution in [1.82, 2.24) is 16.0 Å². The molecule has 0 rings (SSSR count). The molecule has 0 bridgehead atoms. The van der Waals surface area contributed by atoms with Gasteiger partial charge in [0, 0.05) is 0 Å². The van der Waals surface area contributed by atoms with E-state index < -0.39 is 48.4 Å². The molecule has 7 N–H and O–H groups in total. The van der Waals surface area contributed by atoms with Crippen LogP contribution in [0.25, 0.3) is 0 Å². The molecule has 0 aromatic rings. The van der Waals surface area contributed by atoms with Crippen LogP contribution in [-0.4, -0.2) is 65.2 Å². The van der Waals surface area contributed by atoms with Gasteiger partial charge in [-0.1, -0.05) is 13.8 Å². The molecule has 10 heteroatoms. The summed E-state index contributed by atoms with van der Waals surface area (Å²) in [7, 11) is 0. The molecule has 0 aliphatic carbocycles. The Morgan fingerprint density at radius 1 is 1.04 bits per heavy atom. The minimum Gasteiger partial charge on any atom is -0.480 e. The van der Waals surface area contributed by atoms with Gasteiger partial charge in [0.25, 0.3) is 0 Å². The number of amides is 3. The Bertz CT molecular complexity index is 466. The third-order valence-corrected chi connectivity index (χ3v) is 3.03. The van der Waals surface area contributed by atoms with E-state index in [0.29, 0.717) is 0 Å². The molecular weight excluding hydrogens is 320 g/mol. The zero-order chi connectivity index (χ0) is 18.9. The number of carboxylic acids is 1. The average molecular weight is 346 g/mol. The second-order valence-corrected chi connectivity index (χ2v) is 5.80. The van der Waals surface area contributed by atoms with E-state index in [1.165, 1.54) is 6.92 Å². The first-order valence-corrected chi connectivity index (χ1v) is 7.55. The van der Waals surface area contributed by atoms with Gasteiger partial charge in [0.15, 0.2) is 0 Å². The number of aliphatic hydroxyl groups is 1. The standard InChI is InChI=1S/C14H26N4O6/c1-7(2)4-9(14(23)24)17-11(21)6-16-13(22)12(8(3)19)18-10(20)5-15/h7-9,12,19H,4-6,15H2,1-3H3,(H,16,22)(H,17,21)(H,18,20)(H,23,24). The number of hydrogen-bond donors (Lipinski definition) is 6. The van der Waals surface area contributed by atoms with Crippen molar-refractivity contribution >= 4 is 23.7 Å². The Morgan fingerprint density at radius 3 is 2.04 bits per heavy atom. The lowest BCUT2D eigenvalue weighted by molar-refractivity contribution is -0.142. The Balaban J connectivity index is 4.57. The maximum Gasteiger partial charge on any atom is 0.326 e. The van der Waals surface area contributed by atoms with Crippen LogP contribution in [0.4, 0.5) is 0 Å². The quantitative estimate of drug-likeness (QED) is 0.255. The number of carbonyl (C=O) groups is 4. The van der Waals surface area contributed by atoms with E-state index in [0.717, 1.165) is 0 Å². The van der Waals surface area contributed by atoms with Crippen molar-refractivity contribution in [2.45, 2.75) is 45.4 Å². The first-order chi connectivity index (χ1) is 11.1. The topological polar surface area (TPSA) is 171 Å². The van der Waals surface area contributed by atoms with E-state index in [4.69, 9.17) is 10.8 Å². The Labute approximate surface area is 140 Å². The van der Waals surface area contributed by atoms with Crippen molar-refractivity contribution in [2.75, 3.05) is 13.1 Å². The molecular formula is C14H26N4O6. The van der Waals surface area contributed by atoms with Gasteiger partial charge in [-0.2, -0.15) is 0 Å². The van der Waals surface area contributed by atoms with Gasteiger partial charge in [0.1, 0.15) is 12.1 Å². The third kappa shape index (κ3) is 8.44. The molecule has 10 nitrogen and oxygen atoms in total. The number of carbonyl (C=O) groups excluding carboxylic acids is 3. The predicted octanol–water partition coefficient (Wildman–Crippen LogP) is -2.46. The number of nitrogens with one attached hydrogen (secondary N) is 3. The van der Waals surface area contributed by atoms with Crippen molar-refractivity contribution in [1.29, 1.82) is 0 Å².